The van der Waals surface area contributed by atoms with Gasteiger partial charge in [0, 0.05) is 11.8 Å². The van der Waals surface area contributed by atoms with Crippen molar-refractivity contribution < 1.29 is 9.53 Å². The van der Waals surface area contributed by atoms with Gasteiger partial charge in [-0.3, -0.25) is 9.89 Å². The van der Waals surface area contributed by atoms with Crippen molar-refractivity contribution in [3.8, 4) is 0 Å². The summed E-state index contributed by atoms with van der Waals surface area (Å²) >= 11 is 3.24. The number of carbonyl (C=O) groups excluding carboxylic acids is 1. The summed E-state index contributed by atoms with van der Waals surface area (Å²) in [6.07, 6.45) is 1.58. The maximum Gasteiger partial charge on any atom is 0.357 e. The molecule has 0 spiro atoms. The van der Waals surface area contributed by atoms with Crippen molar-refractivity contribution in [1.82, 2.24) is 14.6 Å². The topological polar surface area (TPSA) is 76.5 Å². The number of aromatic amines is 1. The number of rotatable bonds is 2. The van der Waals surface area contributed by atoms with Crippen LogP contribution in [0.15, 0.2) is 15.5 Å². The van der Waals surface area contributed by atoms with Gasteiger partial charge in [-0.15, -0.1) is 0 Å². The third-order valence-electron chi connectivity index (χ3n) is 2.31. The molecule has 0 aromatic carbocycles. The molecule has 0 saturated carbocycles. The molecule has 6 nitrogen and oxygen atoms in total. The summed E-state index contributed by atoms with van der Waals surface area (Å²) in [5, 5.41) is 2.74. The van der Waals surface area contributed by atoms with Gasteiger partial charge in [-0.2, -0.15) is 0 Å². The maximum absolute atomic E-state index is 11.9. The highest BCUT2D eigenvalue weighted by molar-refractivity contribution is 9.10. The lowest BCUT2D eigenvalue weighted by molar-refractivity contribution is 0.0518. The van der Waals surface area contributed by atoms with Crippen LogP contribution in [0.5, 0.6) is 0 Å². The van der Waals surface area contributed by atoms with Crippen LogP contribution in [0.1, 0.15) is 23.0 Å². The van der Waals surface area contributed by atoms with E-state index in [1.165, 1.54) is 4.52 Å². The van der Waals surface area contributed by atoms with Gasteiger partial charge in [-0.05, 0) is 29.8 Å². The molecule has 2 aromatic rings. The van der Waals surface area contributed by atoms with Gasteiger partial charge in [-0.1, -0.05) is 0 Å². The van der Waals surface area contributed by atoms with Crippen molar-refractivity contribution >= 4 is 27.5 Å². The van der Waals surface area contributed by atoms with Crippen LogP contribution in [0.3, 0.4) is 0 Å². The lowest BCUT2D eigenvalue weighted by Gasteiger charge is -2.04. The Balaban J connectivity index is 2.72. The molecule has 0 fully saturated rings. The number of carbonyl (C=O) groups is 1. The summed E-state index contributed by atoms with van der Waals surface area (Å²) in [6, 6.07) is 0. The smallest absolute Gasteiger partial charge is 0.357 e. The van der Waals surface area contributed by atoms with E-state index in [2.05, 4.69) is 26.0 Å². The second kappa shape index (κ2) is 4.33. The van der Waals surface area contributed by atoms with Crippen LogP contribution >= 0.6 is 15.9 Å². The summed E-state index contributed by atoms with van der Waals surface area (Å²) < 4.78 is 6.73. The molecule has 17 heavy (non-hydrogen) atoms. The molecule has 0 radical (unpaired) electrons. The zero-order valence-electron chi connectivity index (χ0n) is 9.28. The van der Waals surface area contributed by atoms with E-state index < -0.39 is 5.97 Å². The summed E-state index contributed by atoms with van der Waals surface area (Å²) in [6.45, 7) is 3.49. The average Bonchev–Trinajstić information content (AvgIpc) is 2.66. The van der Waals surface area contributed by atoms with Crippen LogP contribution in [0.25, 0.3) is 5.65 Å². The predicted molar refractivity (Wildman–Crippen MR) is 64.2 cm³/mol. The highest BCUT2D eigenvalue weighted by Gasteiger charge is 2.18. The Morgan fingerprint density at radius 2 is 2.35 bits per heavy atom. The number of fused-ring (bicyclic) bond motifs is 1. The Morgan fingerprint density at radius 3 is 3.00 bits per heavy atom. The average molecular weight is 300 g/mol. The van der Waals surface area contributed by atoms with Crippen molar-refractivity contribution in [3.63, 3.8) is 0 Å². The third-order valence-corrected chi connectivity index (χ3v) is 2.89. The van der Waals surface area contributed by atoms with E-state index in [9.17, 15) is 9.59 Å². The fourth-order valence-corrected chi connectivity index (χ4v) is 1.84. The van der Waals surface area contributed by atoms with Gasteiger partial charge < -0.3 is 4.74 Å². The Bertz CT molecular complexity index is 644. The van der Waals surface area contributed by atoms with Crippen LogP contribution in [0, 0.1) is 6.92 Å². The van der Waals surface area contributed by atoms with Gasteiger partial charge in [0.05, 0.1) is 11.1 Å². The van der Waals surface area contributed by atoms with Crippen molar-refractivity contribution in [2.24, 2.45) is 0 Å². The minimum absolute atomic E-state index is 0.0529. The standard InChI is InChI=1S/C10H10BrN3O3/c1-3-17-10(16)7-5(2)9(15)14-8(13-7)6(11)4-12-14/h4,12H,3H2,1-2H3. The molecule has 0 aliphatic heterocycles. The van der Waals surface area contributed by atoms with Crippen LogP contribution in [-0.2, 0) is 4.74 Å². The predicted octanol–water partition coefficient (Wildman–Crippen LogP) is 1.27. The van der Waals surface area contributed by atoms with Crippen molar-refractivity contribution in [2.45, 2.75) is 13.8 Å². The molecule has 0 amide bonds. The quantitative estimate of drug-likeness (QED) is 0.847. The molecule has 0 aliphatic carbocycles. The van der Waals surface area contributed by atoms with E-state index in [1.807, 2.05) is 0 Å². The Morgan fingerprint density at radius 1 is 1.65 bits per heavy atom. The number of hydrogen-bond donors (Lipinski definition) is 1. The van der Waals surface area contributed by atoms with Crippen LogP contribution in [0.4, 0.5) is 0 Å². The minimum Gasteiger partial charge on any atom is -0.461 e. The number of aromatic nitrogens is 3. The molecular weight excluding hydrogens is 290 g/mol. The highest BCUT2D eigenvalue weighted by atomic mass is 79.9. The maximum atomic E-state index is 11.9. The summed E-state index contributed by atoms with van der Waals surface area (Å²) in [5.74, 6) is -0.585. The van der Waals surface area contributed by atoms with Gasteiger partial charge in [0.15, 0.2) is 11.3 Å². The first-order chi connectivity index (χ1) is 8.06. The fraction of sp³-hybridized carbons (Fsp3) is 0.300. The number of H-pyrrole nitrogens is 1. The number of halogens is 1. The first kappa shape index (κ1) is 11.8. The van der Waals surface area contributed by atoms with E-state index in [0.717, 1.165) is 0 Å². The largest absolute Gasteiger partial charge is 0.461 e. The zero-order chi connectivity index (χ0) is 12.6. The summed E-state index contributed by atoms with van der Waals surface area (Å²) in [5.41, 5.74) is 0.361. The molecule has 2 rings (SSSR count). The van der Waals surface area contributed by atoms with Crippen molar-refractivity contribution in [2.75, 3.05) is 6.61 Å². The molecular formula is C10H10BrN3O3. The zero-order valence-corrected chi connectivity index (χ0v) is 10.9. The Kier molecular flexibility index (Phi) is 3.01. The van der Waals surface area contributed by atoms with E-state index in [-0.39, 0.29) is 23.4 Å². The van der Waals surface area contributed by atoms with Gasteiger partial charge in [-0.25, -0.2) is 14.3 Å². The van der Waals surface area contributed by atoms with E-state index in [0.29, 0.717) is 10.1 Å². The SMILES string of the molecule is CCOC(=O)c1nc2c(Br)c[nH]n2c(=O)c1C. The van der Waals surface area contributed by atoms with Gasteiger partial charge in [0.1, 0.15) is 0 Å². The normalized spacial score (nSPS) is 10.8. The molecule has 0 aliphatic rings. The third kappa shape index (κ3) is 1.86. The summed E-state index contributed by atoms with van der Waals surface area (Å²) in [4.78, 5) is 27.7. The van der Waals surface area contributed by atoms with Gasteiger partial charge >= 0.3 is 5.97 Å². The molecule has 90 valence electrons. The lowest BCUT2D eigenvalue weighted by atomic mass is 10.2. The first-order valence-corrected chi connectivity index (χ1v) is 5.79. The Hall–Kier alpha value is -1.63. The van der Waals surface area contributed by atoms with Crippen LogP contribution < -0.4 is 5.56 Å². The number of ether oxygens (including phenoxy) is 1. The molecule has 2 heterocycles. The second-order valence-electron chi connectivity index (χ2n) is 3.39. The van der Waals surface area contributed by atoms with E-state index in [1.54, 1.807) is 20.0 Å². The molecule has 7 heteroatoms. The van der Waals surface area contributed by atoms with Crippen LogP contribution in [-0.4, -0.2) is 27.2 Å². The monoisotopic (exact) mass is 299 g/mol. The molecule has 0 unspecified atom stereocenters. The van der Waals surface area contributed by atoms with Crippen molar-refractivity contribution in [3.05, 3.63) is 32.3 Å². The minimum atomic E-state index is -0.585. The Labute approximate surface area is 105 Å². The van der Waals surface area contributed by atoms with E-state index >= 15 is 0 Å². The van der Waals surface area contributed by atoms with Gasteiger partial charge in [0.2, 0.25) is 0 Å². The molecule has 1 N–H and O–H groups in total. The van der Waals surface area contributed by atoms with Crippen LogP contribution in [0.2, 0.25) is 0 Å². The lowest BCUT2D eigenvalue weighted by Crippen LogP contribution is -2.23. The van der Waals surface area contributed by atoms with Crippen molar-refractivity contribution in [1.29, 1.82) is 0 Å². The second-order valence-corrected chi connectivity index (χ2v) is 4.25. The fourth-order valence-electron chi connectivity index (χ4n) is 1.47. The van der Waals surface area contributed by atoms with E-state index in [4.69, 9.17) is 4.74 Å². The number of esters is 1. The molecule has 2 aromatic heterocycles. The molecule has 0 atom stereocenters. The number of nitrogens with one attached hydrogen (secondary N) is 1. The first-order valence-electron chi connectivity index (χ1n) is 4.99. The summed E-state index contributed by atoms with van der Waals surface area (Å²) in [7, 11) is 0. The number of hydrogen-bond acceptors (Lipinski definition) is 4. The highest BCUT2D eigenvalue weighted by Crippen LogP contribution is 2.15. The molecule has 0 bridgehead atoms. The number of nitrogens with zero attached hydrogens (tertiary/aromatic N) is 2. The van der Waals surface area contributed by atoms with Gasteiger partial charge in [0.25, 0.3) is 5.56 Å². The molecule has 0 saturated heterocycles.